The molecule has 23 heavy (non-hydrogen) atoms. The molecule has 1 aromatic carbocycles. The normalized spacial score (nSPS) is 12.2. The average molecular weight is 357 g/mol. The Bertz CT molecular complexity index is 678. The molecule has 0 saturated heterocycles. The van der Waals surface area contributed by atoms with E-state index >= 15 is 0 Å². The minimum atomic E-state index is -1.02. The summed E-state index contributed by atoms with van der Waals surface area (Å²) >= 11 is 2.63. The van der Waals surface area contributed by atoms with E-state index in [1.54, 1.807) is 6.92 Å². The molecule has 0 radical (unpaired) electrons. The molecular formula is C15H17F2N3OS2. The van der Waals surface area contributed by atoms with Crippen molar-refractivity contribution in [2.24, 2.45) is 0 Å². The predicted molar refractivity (Wildman–Crippen MR) is 89.3 cm³/mol. The first kappa shape index (κ1) is 17.8. The van der Waals surface area contributed by atoms with Crippen molar-refractivity contribution in [2.75, 3.05) is 11.9 Å². The van der Waals surface area contributed by atoms with Crippen LogP contribution in [0.1, 0.15) is 37.0 Å². The highest BCUT2D eigenvalue weighted by molar-refractivity contribution is 8.02. The topological polar surface area (TPSA) is 54.9 Å². The minimum Gasteiger partial charge on any atom is -0.360 e. The van der Waals surface area contributed by atoms with Gasteiger partial charge in [-0.1, -0.05) is 36.4 Å². The van der Waals surface area contributed by atoms with Gasteiger partial charge in [-0.2, -0.15) is 0 Å². The Hall–Kier alpha value is -1.54. The van der Waals surface area contributed by atoms with Crippen LogP contribution in [0.5, 0.6) is 0 Å². The first-order valence-corrected chi connectivity index (χ1v) is 8.94. The number of hydrogen-bond acceptors (Lipinski definition) is 6. The van der Waals surface area contributed by atoms with Gasteiger partial charge in [-0.15, -0.1) is 10.2 Å². The summed E-state index contributed by atoms with van der Waals surface area (Å²) in [5, 5.41) is 11.5. The zero-order valence-electron chi connectivity index (χ0n) is 12.8. The van der Waals surface area contributed by atoms with Crippen LogP contribution in [0.2, 0.25) is 0 Å². The van der Waals surface area contributed by atoms with Crippen LogP contribution >= 0.6 is 23.1 Å². The molecular weight excluding hydrogens is 340 g/mol. The van der Waals surface area contributed by atoms with Gasteiger partial charge in [0.05, 0.1) is 5.25 Å². The fourth-order valence-electron chi connectivity index (χ4n) is 1.79. The number of carbonyl (C=O) groups is 1. The zero-order valence-corrected chi connectivity index (χ0v) is 14.4. The Kier molecular flexibility index (Phi) is 6.47. The number of carbonyl (C=O) groups excluding carboxylic acids is 1. The highest BCUT2D eigenvalue weighted by Crippen LogP contribution is 2.30. The first-order valence-electron chi connectivity index (χ1n) is 7.24. The maximum Gasteiger partial charge on any atom is 0.206 e. The third kappa shape index (κ3) is 4.97. The SMILES string of the molecule is CCCCNc1nnc(S[C@@H](C)C(=O)c2ccc(F)c(F)c2)s1. The molecule has 0 fully saturated rings. The van der Waals surface area contributed by atoms with Gasteiger partial charge in [-0.3, -0.25) is 4.79 Å². The van der Waals surface area contributed by atoms with Gasteiger partial charge in [0, 0.05) is 12.1 Å². The molecule has 0 aliphatic heterocycles. The van der Waals surface area contributed by atoms with Gasteiger partial charge >= 0.3 is 0 Å². The lowest BCUT2D eigenvalue weighted by Gasteiger charge is -2.08. The molecule has 0 spiro atoms. The van der Waals surface area contributed by atoms with E-state index in [1.165, 1.54) is 29.2 Å². The number of Topliss-reactive ketones (excluding diaryl/α,β-unsaturated/α-hetero) is 1. The van der Waals surface area contributed by atoms with Gasteiger partial charge in [0.15, 0.2) is 21.8 Å². The van der Waals surface area contributed by atoms with Crippen molar-refractivity contribution >= 4 is 34.0 Å². The molecule has 0 amide bonds. The highest BCUT2D eigenvalue weighted by atomic mass is 32.2. The molecule has 2 aromatic rings. The Morgan fingerprint density at radius 3 is 2.83 bits per heavy atom. The number of rotatable bonds is 8. The minimum absolute atomic E-state index is 0.148. The second kappa shape index (κ2) is 8.35. The molecule has 4 nitrogen and oxygen atoms in total. The molecule has 2 rings (SSSR count). The molecule has 0 saturated carbocycles. The molecule has 1 heterocycles. The van der Waals surface area contributed by atoms with Crippen molar-refractivity contribution in [2.45, 2.75) is 36.3 Å². The van der Waals surface area contributed by atoms with Crippen molar-refractivity contribution in [3.63, 3.8) is 0 Å². The van der Waals surface area contributed by atoms with Gasteiger partial charge in [-0.25, -0.2) is 8.78 Å². The van der Waals surface area contributed by atoms with Crippen molar-refractivity contribution in [3.05, 3.63) is 35.4 Å². The van der Waals surface area contributed by atoms with E-state index in [0.717, 1.165) is 31.5 Å². The number of unbranched alkanes of at least 4 members (excludes halogenated alkanes) is 1. The summed E-state index contributed by atoms with van der Waals surface area (Å²) in [6, 6.07) is 3.17. The number of nitrogens with one attached hydrogen (secondary N) is 1. The van der Waals surface area contributed by atoms with Gasteiger partial charge in [0.1, 0.15) is 0 Å². The van der Waals surface area contributed by atoms with Crippen molar-refractivity contribution in [1.82, 2.24) is 10.2 Å². The molecule has 0 unspecified atom stereocenters. The average Bonchev–Trinajstić information content (AvgIpc) is 2.97. The van der Waals surface area contributed by atoms with Crippen LogP contribution in [0.4, 0.5) is 13.9 Å². The summed E-state index contributed by atoms with van der Waals surface area (Å²) in [6.07, 6.45) is 2.14. The molecule has 0 aliphatic rings. The van der Waals surface area contributed by atoms with Crippen molar-refractivity contribution in [3.8, 4) is 0 Å². The lowest BCUT2D eigenvalue weighted by Crippen LogP contribution is -2.13. The lowest BCUT2D eigenvalue weighted by atomic mass is 10.1. The summed E-state index contributed by atoms with van der Waals surface area (Å²) in [7, 11) is 0. The number of benzene rings is 1. The van der Waals surface area contributed by atoms with E-state index in [2.05, 4.69) is 22.4 Å². The molecule has 0 aliphatic carbocycles. The largest absolute Gasteiger partial charge is 0.360 e. The second-order valence-corrected chi connectivity index (χ2v) is 7.47. The van der Waals surface area contributed by atoms with Crippen LogP contribution in [-0.4, -0.2) is 27.8 Å². The summed E-state index contributed by atoms with van der Waals surface area (Å²) in [5.74, 6) is -2.26. The summed E-state index contributed by atoms with van der Waals surface area (Å²) < 4.78 is 26.8. The number of hydrogen-bond donors (Lipinski definition) is 1. The lowest BCUT2D eigenvalue weighted by molar-refractivity contribution is 0.0993. The third-order valence-corrected chi connectivity index (χ3v) is 5.13. The fraction of sp³-hybridized carbons (Fsp3) is 0.400. The molecule has 8 heteroatoms. The number of ketones is 1. The van der Waals surface area contributed by atoms with E-state index in [-0.39, 0.29) is 11.3 Å². The Balaban J connectivity index is 1.96. The van der Waals surface area contributed by atoms with E-state index in [9.17, 15) is 13.6 Å². The van der Waals surface area contributed by atoms with Crippen LogP contribution < -0.4 is 5.32 Å². The Labute approximate surface area is 141 Å². The quantitative estimate of drug-likeness (QED) is 0.431. The number of halogens is 2. The Morgan fingerprint density at radius 2 is 2.13 bits per heavy atom. The smallest absolute Gasteiger partial charge is 0.206 e. The van der Waals surface area contributed by atoms with Crippen LogP contribution in [0.15, 0.2) is 22.5 Å². The zero-order chi connectivity index (χ0) is 16.8. The highest BCUT2D eigenvalue weighted by Gasteiger charge is 2.20. The van der Waals surface area contributed by atoms with Crippen LogP contribution in [0.25, 0.3) is 0 Å². The van der Waals surface area contributed by atoms with E-state index in [4.69, 9.17) is 0 Å². The van der Waals surface area contributed by atoms with Crippen LogP contribution in [-0.2, 0) is 0 Å². The predicted octanol–water partition coefficient (Wildman–Crippen LogP) is 4.39. The van der Waals surface area contributed by atoms with Crippen molar-refractivity contribution in [1.29, 1.82) is 0 Å². The molecule has 0 bridgehead atoms. The second-order valence-electron chi connectivity index (χ2n) is 4.91. The van der Waals surface area contributed by atoms with E-state index in [0.29, 0.717) is 9.47 Å². The van der Waals surface area contributed by atoms with Crippen LogP contribution in [0.3, 0.4) is 0 Å². The third-order valence-electron chi connectivity index (χ3n) is 3.06. The van der Waals surface area contributed by atoms with Gasteiger partial charge in [0.25, 0.3) is 0 Å². The van der Waals surface area contributed by atoms with E-state index in [1.807, 2.05) is 0 Å². The number of anilines is 1. The van der Waals surface area contributed by atoms with Gasteiger partial charge in [0.2, 0.25) is 5.13 Å². The number of thioether (sulfide) groups is 1. The molecule has 1 N–H and O–H groups in total. The maximum absolute atomic E-state index is 13.2. The summed E-state index contributed by atoms with van der Waals surface area (Å²) in [5.41, 5.74) is 0.148. The standard InChI is InChI=1S/C15H17F2N3OS2/c1-3-4-7-18-14-19-20-15(23-14)22-9(2)13(21)10-5-6-11(16)12(17)8-10/h5-6,8-9H,3-4,7H2,1-2H3,(H,18,19)/t9-/m0/s1. The number of aromatic nitrogens is 2. The van der Waals surface area contributed by atoms with Crippen molar-refractivity contribution < 1.29 is 13.6 Å². The molecule has 1 aromatic heterocycles. The Morgan fingerprint density at radius 1 is 1.35 bits per heavy atom. The summed E-state index contributed by atoms with van der Waals surface area (Å²) in [4.78, 5) is 12.3. The molecule has 1 atom stereocenters. The van der Waals surface area contributed by atoms with Gasteiger partial charge < -0.3 is 5.32 Å². The molecule has 124 valence electrons. The monoisotopic (exact) mass is 357 g/mol. The first-order chi connectivity index (χ1) is 11.0. The van der Waals surface area contributed by atoms with Crippen LogP contribution in [0, 0.1) is 11.6 Å². The number of nitrogens with zero attached hydrogens (tertiary/aromatic N) is 2. The maximum atomic E-state index is 13.2. The van der Waals surface area contributed by atoms with Gasteiger partial charge in [-0.05, 0) is 31.5 Å². The summed E-state index contributed by atoms with van der Waals surface area (Å²) in [6.45, 7) is 4.65. The van der Waals surface area contributed by atoms with E-state index < -0.39 is 16.9 Å². The fourth-order valence-corrected chi connectivity index (χ4v) is 3.79.